The van der Waals surface area contributed by atoms with Gasteiger partial charge in [-0.1, -0.05) is 6.07 Å². The lowest BCUT2D eigenvalue weighted by atomic mass is 10.1. The monoisotopic (exact) mass is 284 g/mol. The van der Waals surface area contributed by atoms with Crippen LogP contribution in [-0.2, 0) is 10.0 Å². The second-order valence-electron chi connectivity index (χ2n) is 4.52. The van der Waals surface area contributed by atoms with Crippen molar-refractivity contribution in [2.24, 2.45) is 0 Å². The Balaban J connectivity index is 2.17. The van der Waals surface area contributed by atoms with E-state index in [1.807, 2.05) is 0 Å². The van der Waals surface area contributed by atoms with E-state index in [-0.39, 0.29) is 10.5 Å². The SMILES string of the molecule is Cc1ccc(C(=O)O)cc1S(=O)(=O)NCCN1CC1. The highest BCUT2D eigenvalue weighted by Crippen LogP contribution is 2.17. The van der Waals surface area contributed by atoms with Crippen LogP contribution in [0.4, 0.5) is 0 Å². The predicted octanol–water partition coefficient (Wildman–Crippen LogP) is 0.287. The van der Waals surface area contributed by atoms with E-state index in [0.29, 0.717) is 18.7 Å². The first-order valence-electron chi connectivity index (χ1n) is 5.96. The number of carboxylic acids is 1. The van der Waals surface area contributed by atoms with E-state index in [2.05, 4.69) is 9.62 Å². The van der Waals surface area contributed by atoms with Gasteiger partial charge in [0.1, 0.15) is 0 Å². The Hall–Kier alpha value is -1.44. The summed E-state index contributed by atoms with van der Waals surface area (Å²) in [5, 5.41) is 8.90. The zero-order valence-electron chi connectivity index (χ0n) is 10.6. The number of carboxylic acid groups (broad SMARTS) is 1. The van der Waals surface area contributed by atoms with Crippen molar-refractivity contribution in [2.75, 3.05) is 26.2 Å². The number of aromatic carboxylic acids is 1. The van der Waals surface area contributed by atoms with Crippen LogP contribution in [0, 0.1) is 6.92 Å². The molecule has 0 aromatic heterocycles. The predicted molar refractivity (Wildman–Crippen MR) is 69.8 cm³/mol. The molecule has 1 saturated heterocycles. The average Bonchev–Trinajstić information content (AvgIpc) is 3.12. The molecule has 0 saturated carbocycles. The summed E-state index contributed by atoms with van der Waals surface area (Å²) in [5.74, 6) is -1.14. The normalized spacial score (nSPS) is 15.4. The molecule has 0 aliphatic carbocycles. The first-order valence-corrected chi connectivity index (χ1v) is 7.44. The smallest absolute Gasteiger partial charge is 0.335 e. The molecule has 1 aromatic rings. The average molecular weight is 284 g/mol. The lowest BCUT2D eigenvalue weighted by molar-refractivity contribution is 0.0696. The van der Waals surface area contributed by atoms with Gasteiger partial charge in [-0.15, -0.1) is 0 Å². The highest BCUT2D eigenvalue weighted by Gasteiger charge is 2.21. The number of aryl methyl sites for hydroxylation is 1. The number of benzene rings is 1. The highest BCUT2D eigenvalue weighted by molar-refractivity contribution is 7.89. The molecule has 1 aliphatic rings. The van der Waals surface area contributed by atoms with Gasteiger partial charge in [-0.3, -0.25) is 4.90 Å². The second-order valence-corrected chi connectivity index (χ2v) is 6.26. The van der Waals surface area contributed by atoms with Crippen LogP contribution in [0.1, 0.15) is 15.9 Å². The zero-order chi connectivity index (χ0) is 14.0. The van der Waals surface area contributed by atoms with E-state index in [1.165, 1.54) is 18.2 Å². The Morgan fingerprint density at radius 3 is 2.68 bits per heavy atom. The van der Waals surface area contributed by atoms with Crippen LogP contribution < -0.4 is 4.72 Å². The first kappa shape index (κ1) is 14.0. The van der Waals surface area contributed by atoms with Gasteiger partial charge in [0, 0.05) is 26.2 Å². The van der Waals surface area contributed by atoms with Crippen molar-refractivity contribution < 1.29 is 18.3 Å². The molecular weight excluding hydrogens is 268 g/mol. The number of nitrogens with zero attached hydrogens (tertiary/aromatic N) is 1. The summed E-state index contributed by atoms with van der Waals surface area (Å²) in [4.78, 5) is 13.0. The van der Waals surface area contributed by atoms with Crippen LogP contribution >= 0.6 is 0 Å². The molecule has 2 rings (SSSR count). The molecule has 0 bridgehead atoms. The minimum Gasteiger partial charge on any atom is -0.478 e. The molecule has 0 unspecified atom stereocenters. The van der Waals surface area contributed by atoms with Gasteiger partial charge in [0.15, 0.2) is 0 Å². The summed E-state index contributed by atoms with van der Waals surface area (Å²) in [5.41, 5.74) is 0.501. The Labute approximate surface area is 112 Å². The topological polar surface area (TPSA) is 86.5 Å². The molecule has 1 heterocycles. The fourth-order valence-electron chi connectivity index (χ4n) is 1.73. The van der Waals surface area contributed by atoms with Gasteiger partial charge in [-0.2, -0.15) is 0 Å². The van der Waals surface area contributed by atoms with Crippen LogP contribution in [0.25, 0.3) is 0 Å². The lowest BCUT2D eigenvalue weighted by Gasteiger charge is -2.10. The molecule has 6 nitrogen and oxygen atoms in total. The van der Waals surface area contributed by atoms with Crippen LogP contribution in [0.2, 0.25) is 0 Å². The van der Waals surface area contributed by atoms with E-state index in [4.69, 9.17) is 5.11 Å². The Morgan fingerprint density at radius 1 is 1.42 bits per heavy atom. The van der Waals surface area contributed by atoms with Gasteiger partial charge < -0.3 is 5.11 Å². The molecule has 1 aromatic carbocycles. The maximum Gasteiger partial charge on any atom is 0.335 e. The molecule has 1 fully saturated rings. The summed E-state index contributed by atoms with van der Waals surface area (Å²) in [7, 11) is -3.65. The third-order valence-corrected chi connectivity index (χ3v) is 4.59. The van der Waals surface area contributed by atoms with Gasteiger partial charge in [0.05, 0.1) is 10.5 Å². The van der Waals surface area contributed by atoms with Crippen molar-refractivity contribution in [1.82, 2.24) is 9.62 Å². The van der Waals surface area contributed by atoms with E-state index in [0.717, 1.165) is 13.1 Å². The van der Waals surface area contributed by atoms with Crippen molar-refractivity contribution >= 4 is 16.0 Å². The van der Waals surface area contributed by atoms with Crippen LogP contribution in [-0.4, -0.2) is 50.6 Å². The van der Waals surface area contributed by atoms with Crippen LogP contribution in [0.3, 0.4) is 0 Å². The highest BCUT2D eigenvalue weighted by atomic mass is 32.2. The maximum absolute atomic E-state index is 12.1. The Kier molecular flexibility index (Phi) is 3.88. The summed E-state index contributed by atoms with van der Waals surface area (Å²) in [6.07, 6.45) is 0. The van der Waals surface area contributed by atoms with E-state index in [1.54, 1.807) is 6.92 Å². The van der Waals surface area contributed by atoms with Crippen molar-refractivity contribution in [3.05, 3.63) is 29.3 Å². The number of hydrogen-bond acceptors (Lipinski definition) is 4. The molecule has 0 amide bonds. The third-order valence-electron chi connectivity index (χ3n) is 2.98. The van der Waals surface area contributed by atoms with Crippen molar-refractivity contribution in [3.8, 4) is 0 Å². The van der Waals surface area contributed by atoms with Crippen molar-refractivity contribution in [2.45, 2.75) is 11.8 Å². The van der Waals surface area contributed by atoms with Gasteiger partial charge in [-0.25, -0.2) is 17.9 Å². The maximum atomic E-state index is 12.1. The number of hydrogen-bond donors (Lipinski definition) is 2. The van der Waals surface area contributed by atoms with E-state index >= 15 is 0 Å². The molecular formula is C12H16N2O4S. The minimum atomic E-state index is -3.65. The molecule has 104 valence electrons. The molecule has 2 N–H and O–H groups in total. The number of nitrogens with one attached hydrogen (secondary N) is 1. The Morgan fingerprint density at radius 2 is 2.11 bits per heavy atom. The largest absolute Gasteiger partial charge is 0.478 e. The standard InChI is InChI=1S/C12H16N2O4S/c1-9-2-3-10(12(15)16)8-11(9)19(17,18)13-4-5-14-6-7-14/h2-3,8,13H,4-7H2,1H3,(H,15,16). The second kappa shape index (κ2) is 5.28. The summed E-state index contributed by atoms with van der Waals surface area (Å²) in [6.45, 7) is 4.67. The number of carbonyl (C=O) groups is 1. The summed E-state index contributed by atoms with van der Waals surface area (Å²) < 4.78 is 26.7. The summed E-state index contributed by atoms with van der Waals surface area (Å²) >= 11 is 0. The van der Waals surface area contributed by atoms with Crippen molar-refractivity contribution in [3.63, 3.8) is 0 Å². The van der Waals surface area contributed by atoms with Crippen molar-refractivity contribution in [1.29, 1.82) is 0 Å². The molecule has 0 radical (unpaired) electrons. The van der Waals surface area contributed by atoms with Gasteiger partial charge >= 0.3 is 5.97 Å². The summed E-state index contributed by atoms with van der Waals surface area (Å²) in [6, 6.07) is 4.09. The molecule has 1 aliphatic heterocycles. The van der Waals surface area contributed by atoms with Gasteiger partial charge in [0.25, 0.3) is 0 Å². The zero-order valence-corrected chi connectivity index (χ0v) is 11.4. The Bertz CT molecular complexity index is 594. The molecule has 0 atom stereocenters. The number of rotatable bonds is 6. The van der Waals surface area contributed by atoms with Crippen LogP contribution in [0.5, 0.6) is 0 Å². The fraction of sp³-hybridized carbons (Fsp3) is 0.417. The molecule has 0 spiro atoms. The fourth-order valence-corrected chi connectivity index (χ4v) is 3.02. The van der Waals surface area contributed by atoms with E-state index in [9.17, 15) is 13.2 Å². The van der Waals surface area contributed by atoms with E-state index < -0.39 is 16.0 Å². The lowest BCUT2D eigenvalue weighted by Crippen LogP contribution is -2.29. The van der Waals surface area contributed by atoms with Gasteiger partial charge in [-0.05, 0) is 24.6 Å². The molecule has 19 heavy (non-hydrogen) atoms. The third kappa shape index (κ3) is 3.52. The quantitative estimate of drug-likeness (QED) is 0.733. The van der Waals surface area contributed by atoms with Gasteiger partial charge in [0.2, 0.25) is 10.0 Å². The number of sulfonamides is 1. The molecule has 7 heteroatoms. The minimum absolute atomic E-state index is 0.0261. The first-order chi connectivity index (χ1) is 8.90. The van der Waals surface area contributed by atoms with Crippen LogP contribution in [0.15, 0.2) is 23.1 Å².